The number of amides is 2. The molecule has 0 radical (unpaired) electrons. The van der Waals surface area contributed by atoms with Crippen LogP contribution < -0.4 is 10.1 Å². The summed E-state index contributed by atoms with van der Waals surface area (Å²) in [7, 11) is 0. The van der Waals surface area contributed by atoms with Crippen LogP contribution in [0.25, 0.3) is 0 Å². The summed E-state index contributed by atoms with van der Waals surface area (Å²) in [5, 5.41) is 5.01. The van der Waals surface area contributed by atoms with Crippen molar-refractivity contribution in [3.63, 3.8) is 0 Å². The highest BCUT2D eigenvalue weighted by Crippen LogP contribution is 2.23. The number of nitrogens with zero attached hydrogens (tertiary/aromatic N) is 3. The van der Waals surface area contributed by atoms with Gasteiger partial charge in [-0.2, -0.15) is 0 Å². The van der Waals surface area contributed by atoms with Gasteiger partial charge in [-0.25, -0.2) is 9.78 Å². The lowest BCUT2D eigenvalue weighted by molar-refractivity contribution is 0.155. The third kappa shape index (κ3) is 6.19. The van der Waals surface area contributed by atoms with Crippen LogP contribution in [-0.2, 0) is 6.61 Å². The lowest BCUT2D eigenvalue weighted by Crippen LogP contribution is -2.43. The number of benzene rings is 1. The number of carbonyl (C=O) groups is 1. The molecule has 0 saturated carbocycles. The van der Waals surface area contributed by atoms with Crippen LogP contribution in [0.15, 0.2) is 35.2 Å². The maximum Gasteiger partial charge on any atom is 0.321 e. The van der Waals surface area contributed by atoms with Crippen molar-refractivity contribution >= 4 is 23.1 Å². The lowest BCUT2D eigenvalue weighted by atomic mass is 9.96. The second kappa shape index (κ2) is 10.8. The van der Waals surface area contributed by atoms with Gasteiger partial charge in [-0.15, -0.1) is 11.3 Å². The van der Waals surface area contributed by atoms with Gasteiger partial charge in [0.1, 0.15) is 12.4 Å². The molecule has 3 heterocycles. The molecule has 2 saturated heterocycles. The second-order valence-corrected chi connectivity index (χ2v) is 9.09. The minimum absolute atomic E-state index is 0.0140. The summed E-state index contributed by atoms with van der Waals surface area (Å²) in [5.41, 5.74) is 3.48. The van der Waals surface area contributed by atoms with E-state index in [4.69, 9.17) is 4.74 Å². The summed E-state index contributed by atoms with van der Waals surface area (Å²) in [4.78, 5) is 21.5. The number of aromatic nitrogens is 1. The van der Waals surface area contributed by atoms with E-state index in [0.29, 0.717) is 6.61 Å². The highest BCUT2D eigenvalue weighted by molar-refractivity contribution is 7.07. The molecule has 0 bridgehead atoms. The predicted octanol–water partition coefficient (Wildman–Crippen LogP) is 4.84. The van der Waals surface area contributed by atoms with Gasteiger partial charge in [0.25, 0.3) is 0 Å². The van der Waals surface area contributed by atoms with Crippen molar-refractivity contribution in [2.45, 2.75) is 45.1 Å². The van der Waals surface area contributed by atoms with Crippen LogP contribution in [0.1, 0.15) is 44.2 Å². The molecular formula is C23H32N4O2S. The summed E-state index contributed by atoms with van der Waals surface area (Å²) < 4.78 is 5.79. The number of nitrogens with one attached hydrogen (secondary N) is 1. The molecule has 4 rings (SSSR count). The zero-order valence-electron chi connectivity index (χ0n) is 17.6. The summed E-state index contributed by atoms with van der Waals surface area (Å²) in [6, 6.07) is 7.56. The summed E-state index contributed by atoms with van der Waals surface area (Å²) in [5.74, 6) is 1.45. The van der Waals surface area contributed by atoms with Crippen molar-refractivity contribution in [2.24, 2.45) is 5.92 Å². The summed E-state index contributed by atoms with van der Waals surface area (Å²) in [6.45, 7) is 5.82. The van der Waals surface area contributed by atoms with E-state index >= 15 is 0 Å². The van der Waals surface area contributed by atoms with E-state index < -0.39 is 0 Å². The van der Waals surface area contributed by atoms with Gasteiger partial charge in [-0.05, 0) is 56.8 Å². The molecule has 2 amide bonds. The fourth-order valence-corrected chi connectivity index (χ4v) is 4.88. The van der Waals surface area contributed by atoms with Gasteiger partial charge in [-0.1, -0.05) is 18.9 Å². The molecule has 6 nitrogen and oxygen atoms in total. The Labute approximate surface area is 183 Å². The first-order valence-corrected chi connectivity index (χ1v) is 12.1. The van der Waals surface area contributed by atoms with Crippen LogP contribution in [0.5, 0.6) is 5.75 Å². The molecule has 1 aromatic heterocycles. The Balaban J connectivity index is 1.22. The van der Waals surface area contributed by atoms with Gasteiger partial charge in [-0.3, -0.25) is 0 Å². The average molecular weight is 429 g/mol. The molecule has 162 valence electrons. The van der Waals surface area contributed by atoms with Gasteiger partial charge >= 0.3 is 6.03 Å². The molecule has 0 spiro atoms. The van der Waals surface area contributed by atoms with E-state index in [-0.39, 0.29) is 6.03 Å². The molecule has 2 fully saturated rings. The lowest BCUT2D eigenvalue weighted by Gasteiger charge is -2.34. The van der Waals surface area contributed by atoms with E-state index in [1.165, 1.54) is 45.3 Å². The Morgan fingerprint density at radius 3 is 2.67 bits per heavy atom. The zero-order chi connectivity index (χ0) is 20.6. The van der Waals surface area contributed by atoms with Crippen molar-refractivity contribution < 1.29 is 9.53 Å². The zero-order valence-corrected chi connectivity index (χ0v) is 18.4. The van der Waals surface area contributed by atoms with Crippen LogP contribution in [0.2, 0.25) is 0 Å². The maximum absolute atomic E-state index is 12.7. The normalized spacial score (nSPS) is 18.7. The van der Waals surface area contributed by atoms with Gasteiger partial charge in [0.2, 0.25) is 0 Å². The van der Waals surface area contributed by atoms with Gasteiger partial charge < -0.3 is 19.9 Å². The van der Waals surface area contributed by atoms with Crippen LogP contribution >= 0.6 is 11.3 Å². The van der Waals surface area contributed by atoms with E-state index in [1.807, 2.05) is 34.5 Å². The highest BCUT2D eigenvalue weighted by atomic mass is 32.1. The minimum atomic E-state index is -0.0140. The smallest absolute Gasteiger partial charge is 0.321 e. The largest absolute Gasteiger partial charge is 0.487 e. The molecule has 30 heavy (non-hydrogen) atoms. The number of carbonyl (C=O) groups excluding carboxylic acids is 1. The first-order chi connectivity index (χ1) is 14.8. The molecule has 0 unspecified atom stereocenters. The quantitative estimate of drug-likeness (QED) is 0.715. The van der Waals surface area contributed by atoms with Gasteiger partial charge in [0.05, 0.1) is 11.2 Å². The number of likely N-dealkylation sites (tertiary alicyclic amines) is 2. The Morgan fingerprint density at radius 1 is 1.13 bits per heavy atom. The first-order valence-electron chi connectivity index (χ1n) is 11.1. The Kier molecular flexibility index (Phi) is 7.59. The van der Waals surface area contributed by atoms with Crippen molar-refractivity contribution in [1.82, 2.24) is 14.8 Å². The van der Waals surface area contributed by atoms with E-state index in [2.05, 4.69) is 15.2 Å². The topological polar surface area (TPSA) is 57.7 Å². The van der Waals surface area contributed by atoms with Crippen molar-refractivity contribution in [3.8, 4) is 5.75 Å². The number of ether oxygens (including phenoxy) is 1. The Morgan fingerprint density at radius 2 is 1.93 bits per heavy atom. The average Bonchev–Trinajstić information content (AvgIpc) is 3.16. The van der Waals surface area contributed by atoms with Gasteiger partial charge in [0, 0.05) is 36.8 Å². The number of urea groups is 1. The fraction of sp³-hybridized carbons (Fsp3) is 0.565. The highest BCUT2D eigenvalue weighted by Gasteiger charge is 2.24. The van der Waals surface area contributed by atoms with Crippen molar-refractivity contribution in [2.75, 3.05) is 38.0 Å². The van der Waals surface area contributed by atoms with E-state index in [1.54, 1.807) is 16.8 Å². The van der Waals surface area contributed by atoms with E-state index in [9.17, 15) is 4.79 Å². The number of hydrogen-bond acceptors (Lipinski definition) is 5. The number of thiazole rings is 1. The molecular weight excluding hydrogens is 396 g/mol. The number of rotatable bonds is 6. The Hall–Kier alpha value is -2.12. The number of hydrogen-bond donors (Lipinski definition) is 1. The monoisotopic (exact) mass is 428 g/mol. The predicted molar refractivity (Wildman–Crippen MR) is 121 cm³/mol. The fourth-order valence-electron chi connectivity index (χ4n) is 4.33. The van der Waals surface area contributed by atoms with E-state index in [0.717, 1.165) is 49.0 Å². The van der Waals surface area contributed by atoms with Crippen LogP contribution in [0, 0.1) is 5.92 Å². The number of piperidine rings is 1. The molecule has 1 N–H and O–H groups in total. The van der Waals surface area contributed by atoms with Crippen LogP contribution in [-0.4, -0.2) is 53.5 Å². The van der Waals surface area contributed by atoms with Crippen LogP contribution in [0.4, 0.5) is 10.5 Å². The minimum Gasteiger partial charge on any atom is -0.487 e. The Bertz CT molecular complexity index is 782. The SMILES string of the molecule is O=C(Nc1cccc(OCc2cscn2)c1)N1CCC(CN2CCCCCC2)CC1. The molecule has 0 atom stereocenters. The van der Waals surface area contributed by atoms with Crippen molar-refractivity contribution in [3.05, 3.63) is 40.8 Å². The maximum atomic E-state index is 12.7. The molecule has 0 aliphatic carbocycles. The third-order valence-electron chi connectivity index (χ3n) is 6.07. The molecule has 2 aliphatic heterocycles. The molecule has 1 aromatic carbocycles. The second-order valence-electron chi connectivity index (χ2n) is 8.37. The molecule has 7 heteroatoms. The van der Waals surface area contributed by atoms with Gasteiger partial charge in [0.15, 0.2) is 0 Å². The summed E-state index contributed by atoms with van der Waals surface area (Å²) >= 11 is 1.56. The van der Waals surface area contributed by atoms with Crippen LogP contribution in [0.3, 0.4) is 0 Å². The first kappa shape index (κ1) is 21.1. The molecule has 2 aliphatic rings. The molecule has 2 aromatic rings. The summed E-state index contributed by atoms with van der Waals surface area (Å²) in [6.07, 6.45) is 7.64. The standard InChI is InChI=1S/C23H32N4O2S/c28-23(25-20-6-5-7-22(14-20)29-16-21-17-30-18-24-21)27-12-8-19(9-13-27)15-26-10-3-1-2-4-11-26/h5-7,14,17-19H,1-4,8-13,15-16H2,(H,25,28). The number of anilines is 1. The third-order valence-corrected chi connectivity index (χ3v) is 6.71. The van der Waals surface area contributed by atoms with Crippen molar-refractivity contribution in [1.29, 1.82) is 0 Å².